The van der Waals surface area contributed by atoms with Gasteiger partial charge in [-0.05, 0) is 53.7 Å². The topological polar surface area (TPSA) is 17.1 Å². The number of fused-ring (bicyclic) bond motifs is 8. The van der Waals surface area contributed by atoms with Crippen LogP contribution in [0, 0.1) is 0 Å². The largest absolute Gasteiger partial charge is 0.294 e. The quantitative estimate of drug-likeness (QED) is 0.332. The minimum atomic E-state index is 0.239. The molecule has 0 saturated heterocycles. The van der Waals surface area contributed by atoms with E-state index in [4.69, 9.17) is 0 Å². The van der Waals surface area contributed by atoms with Crippen molar-refractivity contribution in [3.05, 3.63) is 77.5 Å². The van der Waals surface area contributed by atoms with Crippen molar-refractivity contribution in [2.45, 2.75) is 6.42 Å². The van der Waals surface area contributed by atoms with E-state index in [0.29, 0.717) is 6.42 Å². The molecule has 7 rings (SSSR count). The summed E-state index contributed by atoms with van der Waals surface area (Å²) in [5.41, 5.74) is 0.922. The Balaban J connectivity index is 2.00. The highest BCUT2D eigenvalue weighted by Gasteiger charge is 2.26. The summed E-state index contributed by atoms with van der Waals surface area (Å²) in [6.45, 7) is 0. The molecule has 0 bridgehead atoms. The summed E-state index contributed by atoms with van der Waals surface area (Å²) in [6.07, 6.45) is 2.64. The molecule has 0 unspecified atom stereocenters. The van der Waals surface area contributed by atoms with E-state index < -0.39 is 0 Å². The lowest BCUT2D eigenvalue weighted by molar-refractivity contribution is 0.100. The average Bonchev–Trinajstić information content (AvgIpc) is 3.24. The van der Waals surface area contributed by atoms with Crippen LogP contribution in [0.3, 0.4) is 0 Å². The summed E-state index contributed by atoms with van der Waals surface area (Å²) in [7, 11) is 0. The van der Waals surface area contributed by atoms with Crippen LogP contribution in [0.4, 0.5) is 0 Å². The molecule has 0 saturated carbocycles. The zero-order valence-electron chi connectivity index (χ0n) is 14.5. The maximum atomic E-state index is 12.9. The van der Waals surface area contributed by atoms with Gasteiger partial charge >= 0.3 is 0 Å². The molecule has 0 heterocycles. The highest BCUT2D eigenvalue weighted by Crippen LogP contribution is 2.44. The number of benzene rings is 4. The van der Waals surface area contributed by atoms with Crippen LogP contribution in [0.25, 0.3) is 59.9 Å². The van der Waals surface area contributed by atoms with Crippen molar-refractivity contribution < 1.29 is 4.79 Å². The van der Waals surface area contributed by atoms with Gasteiger partial charge in [-0.1, -0.05) is 72.8 Å². The number of ketones is 1. The molecule has 1 aliphatic carbocycles. The van der Waals surface area contributed by atoms with Crippen molar-refractivity contribution in [3.63, 3.8) is 0 Å². The van der Waals surface area contributed by atoms with Gasteiger partial charge in [-0.25, -0.2) is 0 Å². The van der Waals surface area contributed by atoms with Gasteiger partial charge in [0.15, 0.2) is 5.78 Å². The third-order valence-electron chi connectivity index (χ3n) is 6.35. The second-order valence-electron chi connectivity index (χ2n) is 7.56. The van der Waals surface area contributed by atoms with Crippen LogP contribution < -0.4 is 5.22 Å². The molecule has 1 aliphatic rings. The van der Waals surface area contributed by atoms with E-state index in [-0.39, 0.29) is 5.78 Å². The van der Waals surface area contributed by atoms with Crippen LogP contribution in [-0.4, -0.2) is 5.78 Å². The standard InChI is InChI=1S/C26H14O/c27-21-13-12-20-23-15-7-2-1-6-14(15)16-10-5-11-19(22(16)23)24-17-8-3-4-9-18(17)25(21)26(20)24/h1-12H,13H2. The van der Waals surface area contributed by atoms with Crippen LogP contribution >= 0.6 is 0 Å². The van der Waals surface area contributed by atoms with E-state index in [1.807, 2.05) is 6.07 Å². The molecular weight excluding hydrogens is 328 g/mol. The Labute approximate surface area is 154 Å². The molecule has 27 heavy (non-hydrogen) atoms. The highest BCUT2D eigenvalue weighted by molar-refractivity contribution is 6.41. The maximum Gasteiger partial charge on any atom is 0.167 e. The third kappa shape index (κ3) is 1.43. The molecule has 6 aromatic rings. The molecule has 6 aromatic carbocycles. The zero-order chi connectivity index (χ0) is 17.7. The lowest BCUT2D eigenvalue weighted by Crippen LogP contribution is -2.13. The van der Waals surface area contributed by atoms with Gasteiger partial charge < -0.3 is 0 Å². The molecule has 0 aliphatic heterocycles. The predicted molar refractivity (Wildman–Crippen MR) is 114 cm³/mol. The Morgan fingerprint density at radius 3 is 1.89 bits per heavy atom. The number of Topliss-reactive ketones (excluding diaryl/α,β-unsaturated/α-hetero) is 1. The smallest absolute Gasteiger partial charge is 0.167 e. The lowest BCUT2D eigenvalue weighted by atomic mass is 9.92. The van der Waals surface area contributed by atoms with E-state index >= 15 is 0 Å². The van der Waals surface area contributed by atoms with Crippen molar-refractivity contribution in [1.82, 2.24) is 0 Å². The maximum absolute atomic E-state index is 12.9. The molecule has 0 atom stereocenters. The Morgan fingerprint density at radius 2 is 1.07 bits per heavy atom. The predicted octanol–water partition coefficient (Wildman–Crippen LogP) is 5.98. The first-order valence-electron chi connectivity index (χ1n) is 9.40. The van der Waals surface area contributed by atoms with Gasteiger partial charge in [-0.3, -0.25) is 4.79 Å². The fraction of sp³-hybridized carbons (Fsp3) is 0.0385. The Hall–Kier alpha value is -3.45. The highest BCUT2D eigenvalue weighted by atomic mass is 16.1. The van der Waals surface area contributed by atoms with Crippen molar-refractivity contribution in [1.29, 1.82) is 0 Å². The summed E-state index contributed by atoms with van der Waals surface area (Å²) in [6, 6.07) is 23.7. The number of hydrogen-bond donors (Lipinski definition) is 0. The first-order valence-corrected chi connectivity index (χ1v) is 9.40. The van der Waals surface area contributed by atoms with Gasteiger partial charge in [0.25, 0.3) is 0 Å². The number of hydrogen-bond acceptors (Lipinski definition) is 1. The zero-order valence-corrected chi connectivity index (χ0v) is 14.5. The summed E-state index contributed by atoms with van der Waals surface area (Å²) in [4.78, 5) is 12.9. The van der Waals surface area contributed by atoms with Crippen molar-refractivity contribution >= 4 is 65.7 Å². The van der Waals surface area contributed by atoms with Gasteiger partial charge in [0, 0.05) is 17.4 Å². The molecule has 1 heteroatoms. The van der Waals surface area contributed by atoms with E-state index in [2.05, 4.69) is 66.7 Å². The van der Waals surface area contributed by atoms with Gasteiger partial charge in [0.1, 0.15) is 0 Å². The van der Waals surface area contributed by atoms with Crippen LogP contribution in [0.15, 0.2) is 66.7 Å². The molecular formula is C26H14O. The molecule has 0 amide bonds. The van der Waals surface area contributed by atoms with Crippen molar-refractivity contribution in [2.75, 3.05) is 0 Å². The number of carbonyl (C=O) groups is 1. The van der Waals surface area contributed by atoms with E-state index in [9.17, 15) is 4.79 Å². The fourth-order valence-corrected chi connectivity index (χ4v) is 5.38. The Kier molecular flexibility index (Phi) is 2.26. The second-order valence-corrected chi connectivity index (χ2v) is 7.56. The monoisotopic (exact) mass is 342 g/mol. The summed E-state index contributed by atoms with van der Waals surface area (Å²) in [5.74, 6) is 0.239. The first-order chi connectivity index (χ1) is 13.3. The fourth-order valence-electron chi connectivity index (χ4n) is 5.38. The summed E-state index contributed by atoms with van der Waals surface area (Å²) < 4.78 is 0. The van der Waals surface area contributed by atoms with E-state index in [1.54, 1.807) is 0 Å². The van der Waals surface area contributed by atoms with E-state index in [0.717, 1.165) is 16.3 Å². The van der Waals surface area contributed by atoms with Crippen LogP contribution in [0.2, 0.25) is 0 Å². The molecule has 1 nitrogen and oxygen atoms in total. The van der Waals surface area contributed by atoms with Gasteiger partial charge in [-0.2, -0.15) is 0 Å². The summed E-state index contributed by atoms with van der Waals surface area (Å²) >= 11 is 0. The first kappa shape index (κ1) is 13.7. The molecule has 0 fully saturated rings. The minimum absolute atomic E-state index is 0.239. The molecule has 0 radical (unpaired) electrons. The summed E-state index contributed by atoms with van der Waals surface area (Å²) in [5, 5.41) is 13.8. The third-order valence-corrected chi connectivity index (χ3v) is 6.35. The van der Waals surface area contributed by atoms with Crippen molar-refractivity contribution in [3.8, 4) is 0 Å². The van der Waals surface area contributed by atoms with Crippen LogP contribution in [0.5, 0.6) is 0 Å². The molecule has 0 spiro atoms. The van der Waals surface area contributed by atoms with Crippen molar-refractivity contribution in [2.24, 2.45) is 0 Å². The normalized spacial score (nSPS) is 14.1. The number of carbonyl (C=O) groups excluding carboxylic acids is 1. The molecule has 124 valence electrons. The molecule has 0 aromatic heterocycles. The lowest BCUT2D eigenvalue weighted by Gasteiger charge is -2.10. The number of rotatable bonds is 0. The van der Waals surface area contributed by atoms with Gasteiger partial charge in [-0.15, -0.1) is 0 Å². The van der Waals surface area contributed by atoms with E-state index in [1.165, 1.54) is 48.3 Å². The SMILES string of the molecule is O=C1CC=c2c3c1c1ccccc1c3c1cccc3c4ccccc4c2c31. The minimum Gasteiger partial charge on any atom is -0.294 e. The van der Waals surface area contributed by atoms with Crippen LogP contribution in [0.1, 0.15) is 16.8 Å². The van der Waals surface area contributed by atoms with Crippen LogP contribution in [-0.2, 0) is 0 Å². The second kappa shape index (κ2) is 4.44. The Morgan fingerprint density at radius 1 is 0.519 bits per heavy atom. The van der Waals surface area contributed by atoms with Gasteiger partial charge in [0.05, 0.1) is 0 Å². The molecule has 0 N–H and O–H groups in total. The Bertz CT molecular complexity index is 1650. The van der Waals surface area contributed by atoms with Gasteiger partial charge in [0.2, 0.25) is 0 Å². The average molecular weight is 342 g/mol.